The van der Waals surface area contributed by atoms with E-state index in [0.717, 1.165) is 54.1 Å². The van der Waals surface area contributed by atoms with Gasteiger partial charge in [0.05, 0.1) is 19.0 Å². The van der Waals surface area contributed by atoms with Crippen LogP contribution in [0.1, 0.15) is 60.2 Å². The number of nitrogens with zero attached hydrogens (tertiary/aromatic N) is 3. The number of halogens is 1. The molecule has 0 unspecified atom stereocenters. The zero-order chi connectivity index (χ0) is 31.9. The van der Waals surface area contributed by atoms with Crippen LogP contribution in [-0.2, 0) is 33.8 Å². The van der Waals surface area contributed by atoms with Crippen molar-refractivity contribution < 1.29 is 23.9 Å². The van der Waals surface area contributed by atoms with Crippen LogP contribution in [0.25, 0.3) is 0 Å². The second kappa shape index (κ2) is 14.6. The van der Waals surface area contributed by atoms with E-state index in [2.05, 4.69) is 4.90 Å². The number of ether oxygens (including phenoxy) is 2. The molecule has 45 heavy (non-hydrogen) atoms. The molecule has 0 spiro atoms. The van der Waals surface area contributed by atoms with Gasteiger partial charge in [0.15, 0.2) is 0 Å². The van der Waals surface area contributed by atoms with Crippen LogP contribution in [0.15, 0.2) is 66.7 Å². The van der Waals surface area contributed by atoms with Crippen LogP contribution in [0.5, 0.6) is 5.75 Å². The highest BCUT2D eigenvalue weighted by molar-refractivity contribution is 6.30. The van der Waals surface area contributed by atoms with E-state index in [1.54, 1.807) is 41.0 Å². The number of likely N-dealkylation sites (tertiary alicyclic amines) is 1. The Morgan fingerprint density at radius 3 is 2.29 bits per heavy atom. The molecule has 0 bridgehead atoms. The summed E-state index contributed by atoms with van der Waals surface area (Å²) >= 11 is 6.04. The van der Waals surface area contributed by atoms with E-state index in [9.17, 15) is 14.4 Å². The molecule has 3 aromatic carbocycles. The first-order valence-corrected chi connectivity index (χ1v) is 15.8. The molecule has 3 aromatic rings. The van der Waals surface area contributed by atoms with E-state index in [4.69, 9.17) is 26.5 Å². The van der Waals surface area contributed by atoms with Crippen LogP contribution in [-0.4, -0.2) is 65.8 Å². The SMILES string of the molecule is CCOC(=O)CCc1ccc2c(c1)CN(C(=O)c1ccc(Cl)cc1)CC(=O)N2Cc1ccc(OC2CCN(C(C)=N)CC2)cc1. The Labute approximate surface area is 269 Å². The third-order valence-electron chi connectivity index (χ3n) is 8.21. The number of aryl methyl sites for hydroxylation is 1. The van der Waals surface area contributed by atoms with Crippen molar-refractivity contribution >= 4 is 40.9 Å². The molecule has 1 N–H and O–H groups in total. The number of amidine groups is 1. The van der Waals surface area contributed by atoms with E-state index in [1.807, 2.05) is 49.4 Å². The van der Waals surface area contributed by atoms with Crippen LogP contribution in [0, 0.1) is 5.41 Å². The fourth-order valence-corrected chi connectivity index (χ4v) is 5.88. The lowest BCUT2D eigenvalue weighted by Gasteiger charge is -2.32. The van der Waals surface area contributed by atoms with Crippen molar-refractivity contribution in [3.63, 3.8) is 0 Å². The van der Waals surface area contributed by atoms with Gasteiger partial charge in [0, 0.05) is 55.2 Å². The molecule has 10 heteroatoms. The molecule has 0 aromatic heterocycles. The number of hydrogen-bond acceptors (Lipinski definition) is 6. The van der Waals surface area contributed by atoms with Crippen molar-refractivity contribution in [2.75, 3.05) is 31.1 Å². The number of esters is 1. The van der Waals surface area contributed by atoms with Gasteiger partial charge in [0.1, 0.15) is 18.4 Å². The van der Waals surface area contributed by atoms with Crippen molar-refractivity contribution in [3.05, 3.63) is 94.0 Å². The largest absolute Gasteiger partial charge is 0.490 e. The molecular weight excluding hydrogens is 592 g/mol. The highest BCUT2D eigenvalue weighted by atomic mass is 35.5. The molecular formula is C35H39ClN4O5. The third kappa shape index (κ3) is 8.22. The molecule has 2 aliphatic heterocycles. The number of benzene rings is 3. The maximum absolute atomic E-state index is 13.8. The van der Waals surface area contributed by atoms with Gasteiger partial charge in [-0.25, -0.2) is 0 Å². The van der Waals surface area contributed by atoms with E-state index >= 15 is 0 Å². The molecule has 2 amide bonds. The van der Waals surface area contributed by atoms with Gasteiger partial charge < -0.3 is 24.2 Å². The smallest absolute Gasteiger partial charge is 0.306 e. The van der Waals surface area contributed by atoms with Crippen LogP contribution in [0.3, 0.4) is 0 Å². The summed E-state index contributed by atoms with van der Waals surface area (Å²) in [6, 6.07) is 20.3. The maximum atomic E-state index is 13.8. The molecule has 1 fully saturated rings. The van der Waals surface area contributed by atoms with Gasteiger partial charge in [0.2, 0.25) is 5.91 Å². The molecule has 2 heterocycles. The van der Waals surface area contributed by atoms with E-state index < -0.39 is 0 Å². The van der Waals surface area contributed by atoms with Crippen molar-refractivity contribution in [1.29, 1.82) is 5.41 Å². The van der Waals surface area contributed by atoms with E-state index in [0.29, 0.717) is 36.0 Å². The van der Waals surface area contributed by atoms with Crippen molar-refractivity contribution in [2.24, 2.45) is 0 Å². The molecule has 2 aliphatic rings. The maximum Gasteiger partial charge on any atom is 0.306 e. The van der Waals surface area contributed by atoms with Gasteiger partial charge in [-0.1, -0.05) is 35.9 Å². The van der Waals surface area contributed by atoms with E-state index in [-0.39, 0.29) is 43.4 Å². The molecule has 1 saturated heterocycles. The van der Waals surface area contributed by atoms with Crippen LogP contribution < -0.4 is 9.64 Å². The van der Waals surface area contributed by atoms with Gasteiger partial charge in [-0.2, -0.15) is 0 Å². The van der Waals surface area contributed by atoms with Gasteiger partial charge in [-0.15, -0.1) is 0 Å². The molecule has 5 rings (SSSR count). The lowest BCUT2D eigenvalue weighted by molar-refractivity contribution is -0.143. The number of nitrogens with one attached hydrogen (secondary N) is 1. The lowest BCUT2D eigenvalue weighted by Crippen LogP contribution is -2.40. The number of rotatable bonds is 9. The Balaban J connectivity index is 1.34. The Morgan fingerprint density at radius 2 is 1.62 bits per heavy atom. The monoisotopic (exact) mass is 630 g/mol. The Hall–Kier alpha value is -4.37. The Bertz CT molecular complexity index is 1530. The first kappa shape index (κ1) is 32.0. The summed E-state index contributed by atoms with van der Waals surface area (Å²) in [6.45, 7) is 6.05. The normalized spacial score (nSPS) is 15.4. The number of piperidine rings is 1. The molecule has 0 saturated carbocycles. The Morgan fingerprint density at radius 1 is 0.933 bits per heavy atom. The minimum absolute atomic E-state index is 0.0799. The second-order valence-corrected chi connectivity index (χ2v) is 11.9. The van der Waals surface area contributed by atoms with Gasteiger partial charge in [0.25, 0.3) is 5.91 Å². The number of anilines is 1. The summed E-state index contributed by atoms with van der Waals surface area (Å²) in [5, 5.41) is 8.36. The number of fused-ring (bicyclic) bond motifs is 1. The molecule has 0 atom stereocenters. The number of carbonyl (C=O) groups is 3. The summed E-state index contributed by atoms with van der Waals surface area (Å²) in [4.78, 5) is 44.6. The van der Waals surface area contributed by atoms with Gasteiger partial charge in [-0.3, -0.25) is 19.8 Å². The van der Waals surface area contributed by atoms with Crippen molar-refractivity contribution in [2.45, 2.75) is 58.7 Å². The fourth-order valence-electron chi connectivity index (χ4n) is 5.76. The molecule has 9 nitrogen and oxygen atoms in total. The number of carbonyl (C=O) groups excluding carboxylic acids is 3. The van der Waals surface area contributed by atoms with Crippen LogP contribution in [0.4, 0.5) is 5.69 Å². The van der Waals surface area contributed by atoms with Crippen molar-refractivity contribution in [3.8, 4) is 5.75 Å². The summed E-state index contributed by atoms with van der Waals surface area (Å²) in [6.07, 6.45) is 2.58. The van der Waals surface area contributed by atoms with Crippen LogP contribution >= 0.6 is 11.6 Å². The molecule has 0 aliphatic carbocycles. The van der Waals surface area contributed by atoms with Crippen molar-refractivity contribution in [1.82, 2.24) is 9.80 Å². The average molecular weight is 631 g/mol. The first-order valence-electron chi connectivity index (χ1n) is 15.4. The fraction of sp³-hybridized carbons (Fsp3) is 0.371. The average Bonchev–Trinajstić information content (AvgIpc) is 3.17. The quantitative estimate of drug-likeness (QED) is 0.180. The highest BCUT2D eigenvalue weighted by Crippen LogP contribution is 2.30. The summed E-state index contributed by atoms with van der Waals surface area (Å²) < 4.78 is 11.3. The van der Waals surface area contributed by atoms with E-state index in [1.165, 1.54) is 0 Å². The van der Waals surface area contributed by atoms with Gasteiger partial charge >= 0.3 is 5.97 Å². The number of amides is 2. The predicted molar refractivity (Wildman–Crippen MR) is 174 cm³/mol. The van der Waals surface area contributed by atoms with Crippen LogP contribution in [0.2, 0.25) is 5.02 Å². The standard InChI is InChI=1S/C35H39ClN4O5/c1-3-44-34(42)15-7-25-6-14-32-28(20-25)22-39(35(43)27-8-10-29(36)11-9-27)23-33(41)40(32)21-26-4-12-30(13-5-26)45-31-16-18-38(19-17-31)24(2)37/h4-6,8-14,20,31,37H,3,7,15-19,21-23H2,1-2H3. The predicted octanol–water partition coefficient (Wildman–Crippen LogP) is 5.87. The summed E-state index contributed by atoms with van der Waals surface area (Å²) in [5.74, 6) is 0.657. The summed E-state index contributed by atoms with van der Waals surface area (Å²) in [5.41, 5.74) is 3.88. The zero-order valence-electron chi connectivity index (χ0n) is 25.8. The van der Waals surface area contributed by atoms with Gasteiger partial charge in [-0.05, 0) is 79.4 Å². The molecule has 0 radical (unpaired) electrons. The lowest BCUT2D eigenvalue weighted by atomic mass is 10.0. The minimum atomic E-state index is -0.261. The topological polar surface area (TPSA) is 103 Å². The third-order valence-corrected chi connectivity index (χ3v) is 8.46. The number of hydrogen-bond donors (Lipinski definition) is 1. The second-order valence-electron chi connectivity index (χ2n) is 11.4. The minimum Gasteiger partial charge on any atom is -0.490 e. The highest BCUT2D eigenvalue weighted by Gasteiger charge is 2.30. The summed E-state index contributed by atoms with van der Waals surface area (Å²) in [7, 11) is 0. The Kier molecular flexibility index (Phi) is 10.4. The first-order chi connectivity index (χ1) is 21.7. The zero-order valence-corrected chi connectivity index (χ0v) is 26.5. The molecule has 236 valence electrons.